The van der Waals surface area contributed by atoms with E-state index in [1.165, 1.54) is 0 Å². The molecule has 5 nitrogen and oxygen atoms in total. The molecule has 108 valence electrons. The molecule has 20 heavy (non-hydrogen) atoms. The van der Waals surface area contributed by atoms with Gasteiger partial charge in [0.2, 0.25) is 5.91 Å². The van der Waals surface area contributed by atoms with Crippen LogP contribution in [0.1, 0.15) is 19.4 Å². The van der Waals surface area contributed by atoms with Gasteiger partial charge in [0.15, 0.2) is 0 Å². The number of amides is 2. The van der Waals surface area contributed by atoms with E-state index in [-0.39, 0.29) is 18.4 Å². The Hall–Kier alpha value is -1.40. The van der Waals surface area contributed by atoms with Gasteiger partial charge >= 0.3 is 0 Å². The van der Waals surface area contributed by atoms with Gasteiger partial charge in [-0.15, -0.1) is 0 Å². The Balaban J connectivity index is 2.48. The van der Waals surface area contributed by atoms with Crippen molar-refractivity contribution in [1.29, 1.82) is 0 Å². The minimum atomic E-state index is -0.760. The Morgan fingerprint density at radius 1 is 1.40 bits per heavy atom. The molecule has 0 unspecified atom stereocenters. The molecule has 6 heteroatoms. The maximum Gasteiger partial charge on any atom is 0.251 e. The van der Waals surface area contributed by atoms with Gasteiger partial charge in [-0.25, -0.2) is 0 Å². The lowest BCUT2D eigenvalue weighted by atomic mass is 9.96. The zero-order valence-electron chi connectivity index (χ0n) is 11.8. The zero-order valence-corrected chi connectivity index (χ0v) is 13.4. The highest BCUT2D eigenvalue weighted by Gasteiger charge is 2.41. The van der Waals surface area contributed by atoms with E-state index in [1.54, 1.807) is 0 Å². The Kier molecular flexibility index (Phi) is 4.15. The van der Waals surface area contributed by atoms with Gasteiger partial charge in [0.1, 0.15) is 5.54 Å². The fourth-order valence-corrected chi connectivity index (χ4v) is 2.73. The summed E-state index contributed by atoms with van der Waals surface area (Å²) in [7, 11) is 1.86. The van der Waals surface area contributed by atoms with Crippen molar-refractivity contribution in [3.63, 3.8) is 0 Å². The molecule has 0 bridgehead atoms. The number of imide groups is 1. The molecular weight excluding hydrogens is 322 g/mol. The molecule has 2 rings (SSSR count). The van der Waals surface area contributed by atoms with E-state index in [2.05, 4.69) is 26.6 Å². The summed E-state index contributed by atoms with van der Waals surface area (Å²) in [6.45, 7) is 4.48. The molecule has 1 aromatic carbocycles. The molecule has 1 aliphatic rings. The summed E-state index contributed by atoms with van der Waals surface area (Å²) in [6.07, 6.45) is 0. The normalized spacial score (nSPS) is 18.1. The number of benzene rings is 1. The van der Waals surface area contributed by atoms with Gasteiger partial charge in [-0.3, -0.25) is 14.9 Å². The molecule has 1 saturated heterocycles. The van der Waals surface area contributed by atoms with Crippen LogP contribution >= 0.6 is 15.9 Å². The lowest BCUT2D eigenvalue weighted by Gasteiger charge is -2.42. The number of rotatable bonds is 3. The van der Waals surface area contributed by atoms with Crippen LogP contribution in [0.25, 0.3) is 0 Å². The van der Waals surface area contributed by atoms with Crippen LogP contribution in [0.3, 0.4) is 0 Å². The summed E-state index contributed by atoms with van der Waals surface area (Å²) >= 11 is 3.45. The first-order valence-corrected chi connectivity index (χ1v) is 7.20. The first-order chi connectivity index (χ1) is 9.36. The third kappa shape index (κ3) is 2.71. The fraction of sp³-hybridized carbons (Fsp3) is 0.429. The largest absolute Gasteiger partial charge is 0.348 e. The first kappa shape index (κ1) is 15.0. The lowest BCUT2D eigenvalue weighted by molar-refractivity contribution is -0.135. The van der Waals surface area contributed by atoms with Crippen molar-refractivity contribution in [2.75, 3.05) is 18.5 Å². The van der Waals surface area contributed by atoms with Crippen LogP contribution < -0.4 is 15.5 Å². The van der Waals surface area contributed by atoms with Gasteiger partial charge in [-0.1, -0.05) is 15.9 Å². The summed E-state index contributed by atoms with van der Waals surface area (Å²) in [5, 5.41) is 5.50. The average molecular weight is 340 g/mol. The molecule has 1 aromatic rings. The van der Waals surface area contributed by atoms with E-state index >= 15 is 0 Å². The number of hydrogen-bond acceptors (Lipinski definition) is 4. The summed E-state index contributed by atoms with van der Waals surface area (Å²) < 4.78 is 0.970. The SMILES string of the molecule is CNCc1cc(Br)ccc1N1CC(=O)NC(=O)C1(C)C. The van der Waals surface area contributed by atoms with Gasteiger partial charge in [-0.2, -0.15) is 0 Å². The van der Waals surface area contributed by atoms with Crippen molar-refractivity contribution in [1.82, 2.24) is 10.6 Å². The van der Waals surface area contributed by atoms with Crippen molar-refractivity contribution in [3.8, 4) is 0 Å². The number of anilines is 1. The van der Waals surface area contributed by atoms with Gasteiger partial charge in [0.25, 0.3) is 5.91 Å². The summed E-state index contributed by atoms with van der Waals surface area (Å²) in [6, 6.07) is 5.85. The molecule has 0 aliphatic carbocycles. The van der Waals surface area contributed by atoms with Gasteiger partial charge in [0, 0.05) is 16.7 Å². The number of carbonyl (C=O) groups is 2. The van der Waals surface area contributed by atoms with Crippen LogP contribution in [0.4, 0.5) is 5.69 Å². The molecule has 0 radical (unpaired) electrons. The van der Waals surface area contributed by atoms with E-state index < -0.39 is 5.54 Å². The third-order valence-electron chi connectivity index (χ3n) is 3.48. The molecular formula is C14H18BrN3O2. The van der Waals surface area contributed by atoms with Crippen molar-refractivity contribution in [3.05, 3.63) is 28.2 Å². The first-order valence-electron chi connectivity index (χ1n) is 6.41. The molecule has 2 N–H and O–H groups in total. The zero-order chi connectivity index (χ0) is 14.9. The van der Waals surface area contributed by atoms with E-state index in [0.717, 1.165) is 15.7 Å². The number of carbonyl (C=O) groups excluding carboxylic acids is 2. The number of halogens is 1. The smallest absolute Gasteiger partial charge is 0.251 e. The minimum absolute atomic E-state index is 0.178. The quantitative estimate of drug-likeness (QED) is 0.817. The van der Waals surface area contributed by atoms with Crippen LogP contribution in [0.5, 0.6) is 0 Å². The predicted molar refractivity (Wildman–Crippen MR) is 81.5 cm³/mol. The highest BCUT2D eigenvalue weighted by molar-refractivity contribution is 9.10. The van der Waals surface area contributed by atoms with Crippen LogP contribution in [0.2, 0.25) is 0 Å². The second kappa shape index (κ2) is 5.54. The number of piperazine rings is 1. The molecule has 2 amide bonds. The summed E-state index contributed by atoms with van der Waals surface area (Å²) in [4.78, 5) is 25.6. The number of hydrogen-bond donors (Lipinski definition) is 2. The highest BCUT2D eigenvalue weighted by atomic mass is 79.9. The average Bonchev–Trinajstić information content (AvgIpc) is 2.35. The summed E-state index contributed by atoms with van der Waals surface area (Å²) in [5.41, 5.74) is 1.18. The monoisotopic (exact) mass is 339 g/mol. The van der Waals surface area contributed by atoms with E-state index in [9.17, 15) is 9.59 Å². The lowest BCUT2D eigenvalue weighted by Crippen LogP contribution is -2.64. The van der Waals surface area contributed by atoms with Crippen molar-refractivity contribution in [2.45, 2.75) is 25.9 Å². The molecule has 0 atom stereocenters. The second-order valence-corrected chi connectivity index (χ2v) is 6.24. The topological polar surface area (TPSA) is 61.4 Å². The second-order valence-electron chi connectivity index (χ2n) is 5.33. The van der Waals surface area contributed by atoms with E-state index in [1.807, 2.05) is 44.0 Å². The number of nitrogens with one attached hydrogen (secondary N) is 2. The van der Waals surface area contributed by atoms with Gasteiger partial charge in [0.05, 0.1) is 6.54 Å². The maximum atomic E-state index is 12.0. The molecule has 0 saturated carbocycles. The van der Waals surface area contributed by atoms with Crippen molar-refractivity contribution in [2.24, 2.45) is 0 Å². The van der Waals surface area contributed by atoms with Crippen LogP contribution in [-0.4, -0.2) is 30.9 Å². The molecule has 1 aliphatic heterocycles. The van der Waals surface area contributed by atoms with Gasteiger partial charge < -0.3 is 10.2 Å². The predicted octanol–water partition coefficient (Wildman–Crippen LogP) is 1.41. The van der Waals surface area contributed by atoms with Crippen molar-refractivity contribution >= 4 is 33.4 Å². The Bertz CT molecular complexity index is 557. The molecule has 0 aromatic heterocycles. The van der Waals surface area contributed by atoms with Gasteiger partial charge in [-0.05, 0) is 44.7 Å². The number of nitrogens with zero attached hydrogens (tertiary/aromatic N) is 1. The Labute approximate surface area is 126 Å². The fourth-order valence-electron chi connectivity index (χ4n) is 2.32. The Morgan fingerprint density at radius 2 is 2.10 bits per heavy atom. The third-order valence-corrected chi connectivity index (χ3v) is 3.98. The van der Waals surface area contributed by atoms with Crippen LogP contribution in [0.15, 0.2) is 22.7 Å². The standard InChI is InChI=1S/C14H18BrN3O2/c1-14(2)13(20)17-12(19)8-18(14)11-5-4-10(15)6-9(11)7-16-3/h4-6,16H,7-8H2,1-3H3,(H,17,19,20). The molecule has 1 heterocycles. The Morgan fingerprint density at radius 3 is 2.75 bits per heavy atom. The van der Waals surface area contributed by atoms with Crippen LogP contribution in [0, 0.1) is 0 Å². The van der Waals surface area contributed by atoms with E-state index in [4.69, 9.17) is 0 Å². The summed E-state index contributed by atoms with van der Waals surface area (Å²) in [5.74, 6) is -0.542. The molecule has 1 fully saturated rings. The van der Waals surface area contributed by atoms with Crippen LogP contribution in [-0.2, 0) is 16.1 Å². The highest BCUT2D eigenvalue weighted by Crippen LogP contribution is 2.31. The minimum Gasteiger partial charge on any atom is -0.348 e. The van der Waals surface area contributed by atoms with E-state index in [0.29, 0.717) is 6.54 Å². The molecule has 0 spiro atoms. The maximum absolute atomic E-state index is 12.0. The van der Waals surface area contributed by atoms with Crippen molar-refractivity contribution < 1.29 is 9.59 Å².